The first-order valence-electron chi connectivity index (χ1n) is 11.9. The van der Waals surface area contributed by atoms with Crippen molar-refractivity contribution in [3.05, 3.63) is 59.2 Å². The Morgan fingerprint density at radius 3 is 2.16 bits per heavy atom. The minimum atomic E-state index is -5.08. The third-order valence-corrected chi connectivity index (χ3v) is 5.89. The average molecular weight is 539 g/mol. The highest BCUT2D eigenvalue weighted by Gasteiger charge is 2.38. The molecule has 0 atom stereocenters. The highest BCUT2D eigenvalue weighted by Crippen LogP contribution is 2.24. The van der Waals surface area contributed by atoms with E-state index in [0.29, 0.717) is 13.2 Å². The standard InChI is InChI=1S/C24H32N4O3.C2HF3O2/c1-18-6-4-7-22(19(18)2)27-13-15-28(16-14-27)24(25-12-5-17-31-3)26-21-10-8-20(9-11-21)23(29)30;3-2(4,5)1(6)7/h4,6-11H,5,12-17H2,1-3H3,(H,25,26)(H,29,30);(H,6,7). The van der Waals surface area contributed by atoms with Crippen LogP contribution in [0.2, 0.25) is 0 Å². The molecular formula is C26H33F3N4O5. The number of piperazine rings is 1. The van der Waals surface area contributed by atoms with Crippen molar-refractivity contribution in [1.29, 1.82) is 0 Å². The Labute approximate surface area is 219 Å². The molecule has 0 saturated carbocycles. The van der Waals surface area contributed by atoms with Crippen LogP contribution in [-0.4, -0.2) is 85.6 Å². The minimum Gasteiger partial charge on any atom is -0.478 e. The number of carboxylic acid groups (broad SMARTS) is 2. The summed E-state index contributed by atoms with van der Waals surface area (Å²) in [6, 6.07) is 13.2. The largest absolute Gasteiger partial charge is 0.490 e. The van der Waals surface area contributed by atoms with Crippen LogP contribution in [0.25, 0.3) is 0 Å². The van der Waals surface area contributed by atoms with E-state index < -0.39 is 18.1 Å². The predicted molar refractivity (Wildman–Crippen MR) is 139 cm³/mol. The number of aromatic carboxylic acids is 1. The van der Waals surface area contributed by atoms with Gasteiger partial charge in [-0.2, -0.15) is 13.2 Å². The molecule has 3 rings (SSSR count). The van der Waals surface area contributed by atoms with Gasteiger partial charge in [0.05, 0.1) is 5.56 Å². The number of nitrogens with one attached hydrogen (secondary N) is 1. The highest BCUT2D eigenvalue weighted by atomic mass is 19.4. The molecule has 1 fully saturated rings. The van der Waals surface area contributed by atoms with Crippen LogP contribution >= 0.6 is 0 Å². The summed E-state index contributed by atoms with van der Waals surface area (Å²) in [7, 11) is 1.69. The number of aryl methyl sites for hydroxylation is 1. The number of halogens is 3. The number of aliphatic imine (C=N–C) groups is 1. The van der Waals surface area contributed by atoms with Crippen LogP contribution < -0.4 is 10.2 Å². The second-order valence-electron chi connectivity index (χ2n) is 8.56. The molecule has 2 aromatic rings. The molecule has 1 aliphatic heterocycles. The summed E-state index contributed by atoms with van der Waals surface area (Å²) in [5.74, 6) is -2.87. The summed E-state index contributed by atoms with van der Waals surface area (Å²) >= 11 is 0. The van der Waals surface area contributed by atoms with Crippen LogP contribution in [0.3, 0.4) is 0 Å². The van der Waals surface area contributed by atoms with Crippen molar-refractivity contribution in [1.82, 2.24) is 4.90 Å². The molecule has 2 aromatic carbocycles. The predicted octanol–water partition coefficient (Wildman–Crippen LogP) is 4.26. The van der Waals surface area contributed by atoms with Gasteiger partial charge in [0.15, 0.2) is 5.96 Å². The zero-order chi connectivity index (χ0) is 28.3. The van der Waals surface area contributed by atoms with Crippen molar-refractivity contribution in [2.24, 2.45) is 4.99 Å². The average Bonchev–Trinajstić information content (AvgIpc) is 2.88. The van der Waals surface area contributed by atoms with Gasteiger partial charge in [-0.3, -0.25) is 4.99 Å². The molecule has 208 valence electrons. The molecule has 0 bridgehead atoms. The van der Waals surface area contributed by atoms with Gasteiger partial charge in [0.2, 0.25) is 0 Å². The van der Waals surface area contributed by atoms with Crippen molar-refractivity contribution in [2.75, 3.05) is 56.7 Å². The third kappa shape index (κ3) is 9.25. The highest BCUT2D eigenvalue weighted by molar-refractivity contribution is 5.95. The first-order chi connectivity index (χ1) is 17.9. The number of carboxylic acids is 2. The maximum Gasteiger partial charge on any atom is 0.490 e. The maximum absolute atomic E-state index is 11.1. The molecule has 0 aromatic heterocycles. The van der Waals surface area contributed by atoms with E-state index in [9.17, 15) is 18.0 Å². The number of alkyl halides is 3. The topological polar surface area (TPSA) is 115 Å². The summed E-state index contributed by atoms with van der Waals surface area (Å²) < 4.78 is 36.9. The van der Waals surface area contributed by atoms with Crippen LogP contribution in [0.1, 0.15) is 27.9 Å². The van der Waals surface area contributed by atoms with E-state index in [0.717, 1.165) is 44.2 Å². The summed E-state index contributed by atoms with van der Waals surface area (Å²) in [5, 5.41) is 19.6. The smallest absolute Gasteiger partial charge is 0.478 e. The fourth-order valence-electron chi connectivity index (χ4n) is 3.68. The fraction of sp³-hybridized carbons (Fsp3) is 0.423. The number of guanidine groups is 1. The normalized spacial score (nSPS) is 14.0. The second-order valence-corrected chi connectivity index (χ2v) is 8.56. The maximum atomic E-state index is 11.1. The van der Waals surface area contributed by atoms with Gasteiger partial charge < -0.3 is 30.1 Å². The molecular weight excluding hydrogens is 505 g/mol. The van der Waals surface area contributed by atoms with Crippen molar-refractivity contribution in [3.8, 4) is 0 Å². The number of methoxy groups -OCH3 is 1. The lowest BCUT2D eigenvalue weighted by molar-refractivity contribution is -0.192. The quantitative estimate of drug-likeness (QED) is 0.272. The van der Waals surface area contributed by atoms with Crippen molar-refractivity contribution < 1.29 is 37.7 Å². The molecule has 0 radical (unpaired) electrons. The number of rotatable bonds is 7. The summed E-state index contributed by atoms with van der Waals surface area (Å²) in [6.45, 7) is 9.22. The number of hydrogen-bond donors (Lipinski definition) is 3. The van der Waals surface area contributed by atoms with Gasteiger partial charge in [-0.15, -0.1) is 0 Å². The number of nitrogens with zero attached hydrogens (tertiary/aromatic N) is 3. The zero-order valence-electron chi connectivity index (χ0n) is 21.6. The number of ether oxygens (including phenoxy) is 1. The van der Waals surface area contributed by atoms with E-state index in [1.165, 1.54) is 16.8 Å². The number of benzene rings is 2. The minimum absolute atomic E-state index is 0.270. The second kappa shape index (κ2) is 14.2. The molecule has 0 aliphatic carbocycles. The molecule has 1 heterocycles. The van der Waals surface area contributed by atoms with Crippen LogP contribution in [0.4, 0.5) is 24.5 Å². The van der Waals surface area contributed by atoms with E-state index >= 15 is 0 Å². The van der Waals surface area contributed by atoms with Crippen molar-refractivity contribution in [2.45, 2.75) is 26.4 Å². The number of aliphatic carboxylic acids is 1. The van der Waals surface area contributed by atoms with Gasteiger partial charge in [0.1, 0.15) is 0 Å². The Balaban J connectivity index is 0.000000638. The van der Waals surface area contributed by atoms with Crippen LogP contribution in [-0.2, 0) is 9.53 Å². The van der Waals surface area contributed by atoms with Gasteiger partial charge in [-0.1, -0.05) is 12.1 Å². The van der Waals surface area contributed by atoms with Crippen molar-refractivity contribution >= 4 is 29.3 Å². The summed E-state index contributed by atoms with van der Waals surface area (Å²) in [6.07, 6.45) is -4.23. The van der Waals surface area contributed by atoms with E-state index in [1.54, 1.807) is 31.4 Å². The van der Waals surface area contributed by atoms with Gasteiger partial charge in [-0.25, -0.2) is 9.59 Å². The Morgan fingerprint density at radius 1 is 1.03 bits per heavy atom. The molecule has 9 nitrogen and oxygen atoms in total. The Bertz CT molecular complexity index is 1100. The molecule has 1 aliphatic rings. The van der Waals surface area contributed by atoms with Gasteiger partial charge in [-0.05, 0) is 61.7 Å². The van der Waals surface area contributed by atoms with Crippen LogP contribution in [0, 0.1) is 13.8 Å². The molecule has 1 saturated heterocycles. The van der Waals surface area contributed by atoms with E-state index in [1.807, 2.05) is 0 Å². The number of anilines is 2. The Kier molecular flexibility index (Phi) is 11.4. The molecule has 12 heteroatoms. The van der Waals surface area contributed by atoms with E-state index in [-0.39, 0.29) is 5.56 Å². The van der Waals surface area contributed by atoms with Gasteiger partial charge >= 0.3 is 18.1 Å². The van der Waals surface area contributed by atoms with E-state index in [2.05, 4.69) is 47.2 Å². The van der Waals surface area contributed by atoms with Gasteiger partial charge in [0, 0.05) is 57.8 Å². The summed E-state index contributed by atoms with van der Waals surface area (Å²) in [5.41, 5.74) is 5.04. The van der Waals surface area contributed by atoms with Crippen molar-refractivity contribution in [3.63, 3.8) is 0 Å². The monoisotopic (exact) mass is 538 g/mol. The first-order valence-corrected chi connectivity index (χ1v) is 11.9. The molecule has 0 amide bonds. The first kappa shape index (κ1) is 30.4. The molecule has 3 N–H and O–H groups in total. The third-order valence-electron chi connectivity index (χ3n) is 5.89. The zero-order valence-corrected chi connectivity index (χ0v) is 21.6. The van der Waals surface area contributed by atoms with Gasteiger partial charge in [0.25, 0.3) is 0 Å². The lowest BCUT2D eigenvalue weighted by atomic mass is 10.1. The van der Waals surface area contributed by atoms with Crippen LogP contribution in [0.15, 0.2) is 47.5 Å². The number of carbonyl (C=O) groups is 2. The Morgan fingerprint density at radius 2 is 1.63 bits per heavy atom. The van der Waals surface area contributed by atoms with E-state index in [4.69, 9.17) is 24.7 Å². The Hall–Kier alpha value is -3.80. The summed E-state index contributed by atoms with van der Waals surface area (Å²) in [4.78, 5) is 29.5. The fourth-order valence-corrected chi connectivity index (χ4v) is 3.68. The lowest BCUT2D eigenvalue weighted by Crippen LogP contribution is -2.51. The molecule has 0 unspecified atom stereocenters. The number of hydrogen-bond acceptors (Lipinski definition) is 5. The SMILES string of the molecule is COCCCN=C(Nc1ccc(C(=O)O)cc1)N1CCN(c2cccc(C)c2C)CC1.O=C(O)C(F)(F)F. The molecule has 38 heavy (non-hydrogen) atoms. The van der Waals surface area contributed by atoms with Crippen LogP contribution in [0.5, 0.6) is 0 Å². The molecule has 0 spiro atoms. The lowest BCUT2D eigenvalue weighted by Gasteiger charge is -2.38.